The number of pyridine rings is 2. The Balaban J connectivity index is 1.13. The van der Waals surface area contributed by atoms with Crippen molar-refractivity contribution in [2.75, 3.05) is 42.1 Å². The van der Waals surface area contributed by atoms with Gasteiger partial charge in [0.1, 0.15) is 0 Å². The molecule has 0 spiro atoms. The number of piperazine rings is 1. The van der Waals surface area contributed by atoms with E-state index in [1.165, 1.54) is 11.3 Å². The number of nitrogens with one attached hydrogen (secondary N) is 2. The fraction of sp³-hybridized carbons (Fsp3) is 0.206. The van der Waals surface area contributed by atoms with Crippen LogP contribution in [0.4, 0.5) is 11.4 Å². The fourth-order valence-electron chi connectivity index (χ4n) is 5.44. The molecule has 1 amide bonds. The van der Waals surface area contributed by atoms with Gasteiger partial charge in [-0.2, -0.15) is 12.6 Å². The van der Waals surface area contributed by atoms with Crippen molar-refractivity contribution in [3.63, 3.8) is 0 Å². The first-order valence-electron chi connectivity index (χ1n) is 14.2. The molecule has 3 aromatic carbocycles. The molecule has 2 aromatic heterocycles. The lowest BCUT2D eigenvalue weighted by Crippen LogP contribution is -2.45. The van der Waals surface area contributed by atoms with E-state index in [4.69, 9.17) is 4.98 Å². The average Bonchev–Trinajstić information content (AvgIpc) is 3.02. The number of fused-ring (bicyclic) bond motifs is 1. The van der Waals surface area contributed by atoms with Crippen LogP contribution in [0.2, 0.25) is 0 Å². The van der Waals surface area contributed by atoms with Gasteiger partial charge in [-0.1, -0.05) is 54.6 Å². The Kier molecular flexibility index (Phi) is 8.35. The second kappa shape index (κ2) is 12.6. The number of thiol groups is 1. The minimum atomic E-state index is -0.135. The maximum atomic E-state index is 12.5. The van der Waals surface area contributed by atoms with E-state index in [-0.39, 0.29) is 11.5 Å². The topological polar surface area (TPSA) is 81.3 Å². The van der Waals surface area contributed by atoms with Gasteiger partial charge in [0, 0.05) is 67.8 Å². The maximum Gasteiger partial charge on any atom is 0.257 e. The Hall–Kier alpha value is -4.40. The molecule has 1 aliphatic heterocycles. The molecule has 7 nitrogen and oxygen atoms in total. The lowest BCUT2D eigenvalue weighted by molar-refractivity contribution is -0.115. The SMILES string of the molecule is O=C(CCS)Nc1ccc(N2CCN(Cc3ccc(-c4nc5cc[nH]c(=O)c5cc4-c4ccccc4)cc3)CC2)cc1. The Morgan fingerprint density at radius 2 is 1.62 bits per heavy atom. The number of carbonyl (C=O) groups is 1. The van der Waals surface area contributed by atoms with E-state index in [1.807, 2.05) is 42.5 Å². The van der Waals surface area contributed by atoms with Gasteiger partial charge in [-0.3, -0.25) is 14.5 Å². The van der Waals surface area contributed by atoms with Crippen molar-refractivity contribution in [1.29, 1.82) is 0 Å². The second-order valence-electron chi connectivity index (χ2n) is 10.5. The maximum absolute atomic E-state index is 12.5. The molecule has 0 atom stereocenters. The highest BCUT2D eigenvalue weighted by atomic mass is 32.1. The summed E-state index contributed by atoms with van der Waals surface area (Å²) in [6.45, 7) is 4.73. The third-order valence-corrected chi connectivity index (χ3v) is 7.92. The quantitative estimate of drug-likeness (QED) is 0.203. The number of amides is 1. The zero-order chi connectivity index (χ0) is 28.9. The molecule has 3 heterocycles. The van der Waals surface area contributed by atoms with E-state index in [1.54, 1.807) is 6.20 Å². The summed E-state index contributed by atoms with van der Waals surface area (Å²) in [5.74, 6) is 0.527. The Morgan fingerprint density at radius 1 is 0.881 bits per heavy atom. The molecule has 42 heavy (non-hydrogen) atoms. The minimum absolute atomic E-state index is 0.0128. The van der Waals surface area contributed by atoms with Crippen LogP contribution in [0.15, 0.2) is 102 Å². The van der Waals surface area contributed by atoms with Crippen LogP contribution in [-0.2, 0) is 11.3 Å². The number of carbonyl (C=O) groups excluding carboxylic acids is 1. The molecule has 2 N–H and O–H groups in total. The minimum Gasteiger partial charge on any atom is -0.369 e. The summed E-state index contributed by atoms with van der Waals surface area (Å²) in [5, 5.41) is 3.50. The smallest absolute Gasteiger partial charge is 0.257 e. The van der Waals surface area contributed by atoms with Crippen LogP contribution in [0.3, 0.4) is 0 Å². The highest BCUT2D eigenvalue weighted by molar-refractivity contribution is 7.80. The van der Waals surface area contributed by atoms with Crippen molar-refractivity contribution in [2.24, 2.45) is 0 Å². The standard InChI is InChI=1S/C34H33N5O2S/c40-32(15-21-42)36-27-10-12-28(13-11-27)39-19-17-38(18-20-39)23-24-6-8-26(9-7-24)33-29(25-4-2-1-3-5-25)22-30-31(37-33)14-16-35-34(30)41/h1-14,16,22,42H,15,17-21,23H2,(H,35,41)(H,36,40). The summed E-state index contributed by atoms with van der Waals surface area (Å²) in [7, 11) is 0. The first-order valence-corrected chi connectivity index (χ1v) is 14.9. The zero-order valence-electron chi connectivity index (χ0n) is 23.3. The molecule has 5 aromatic rings. The van der Waals surface area contributed by atoms with Crippen molar-refractivity contribution in [2.45, 2.75) is 13.0 Å². The third kappa shape index (κ3) is 6.25. The molecule has 1 aliphatic rings. The number of H-pyrrole nitrogens is 1. The van der Waals surface area contributed by atoms with E-state index >= 15 is 0 Å². The molecule has 212 valence electrons. The van der Waals surface area contributed by atoms with Crippen LogP contribution in [0.5, 0.6) is 0 Å². The molecular formula is C34H33N5O2S. The normalized spacial score (nSPS) is 13.8. The average molecular weight is 576 g/mol. The second-order valence-corrected chi connectivity index (χ2v) is 11.0. The number of nitrogens with zero attached hydrogens (tertiary/aromatic N) is 3. The van der Waals surface area contributed by atoms with Crippen LogP contribution in [-0.4, -0.2) is 52.7 Å². The van der Waals surface area contributed by atoms with Crippen molar-refractivity contribution < 1.29 is 4.79 Å². The van der Waals surface area contributed by atoms with Gasteiger partial charge in [0.2, 0.25) is 5.91 Å². The predicted molar refractivity (Wildman–Crippen MR) is 174 cm³/mol. The van der Waals surface area contributed by atoms with E-state index in [0.29, 0.717) is 23.1 Å². The summed E-state index contributed by atoms with van der Waals surface area (Å²) >= 11 is 4.12. The molecule has 0 radical (unpaired) electrons. The fourth-order valence-corrected chi connectivity index (χ4v) is 5.64. The molecule has 0 bridgehead atoms. The third-order valence-electron chi connectivity index (χ3n) is 7.70. The van der Waals surface area contributed by atoms with Gasteiger partial charge in [-0.15, -0.1) is 0 Å². The summed E-state index contributed by atoms with van der Waals surface area (Å²) in [4.78, 5) is 36.9. The molecule has 0 aliphatic carbocycles. The van der Waals surface area contributed by atoms with Gasteiger partial charge in [0.25, 0.3) is 5.56 Å². The van der Waals surface area contributed by atoms with Gasteiger partial charge in [0.05, 0.1) is 16.6 Å². The van der Waals surface area contributed by atoms with Crippen molar-refractivity contribution in [3.05, 3.63) is 113 Å². The van der Waals surface area contributed by atoms with Crippen LogP contribution in [0, 0.1) is 0 Å². The predicted octanol–water partition coefficient (Wildman–Crippen LogP) is 5.84. The summed E-state index contributed by atoms with van der Waals surface area (Å²) in [6.07, 6.45) is 2.06. The van der Waals surface area contributed by atoms with Gasteiger partial charge in [-0.05, 0) is 53.3 Å². The van der Waals surface area contributed by atoms with Crippen LogP contribution in [0.1, 0.15) is 12.0 Å². The molecule has 1 fully saturated rings. The first-order chi connectivity index (χ1) is 20.6. The van der Waals surface area contributed by atoms with Crippen LogP contribution in [0.25, 0.3) is 33.3 Å². The Morgan fingerprint density at radius 3 is 2.33 bits per heavy atom. The van der Waals surface area contributed by atoms with E-state index in [9.17, 15) is 9.59 Å². The number of rotatable bonds is 8. The van der Waals surface area contributed by atoms with Crippen molar-refractivity contribution in [3.8, 4) is 22.4 Å². The van der Waals surface area contributed by atoms with Crippen LogP contribution < -0.4 is 15.8 Å². The summed E-state index contributed by atoms with van der Waals surface area (Å²) in [6, 6.07) is 30.6. The van der Waals surface area contributed by atoms with E-state index in [2.05, 4.69) is 81.3 Å². The number of hydrogen-bond donors (Lipinski definition) is 3. The molecule has 8 heteroatoms. The van der Waals surface area contributed by atoms with Gasteiger partial charge in [-0.25, -0.2) is 4.98 Å². The molecule has 0 unspecified atom stereocenters. The molecule has 1 saturated heterocycles. The number of hydrogen-bond acceptors (Lipinski definition) is 6. The molecule has 0 saturated carbocycles. The zero-order valence-corrected chi connectivity index (χ0v) is 24.2. The van der Waals surface area contributed by atoms with Crippen molar-refractivity contribution in [1.82, 2.24) is 14.9 Å². The van der Waals surface area contributed by atoms with E-state index in [0.717, 1.165) is 60.8 Å². The number of aromatic amines is 1. The number of anilines is 2. The van der Waals surface area contributed by atoms with Crippen molar-refractivity contribution >= 4 is 40.8 Å². The number of benzene rings is 3. The highest BCUT2D eigenvalue weighted by Crippen LogP contribution is 2.33. The molecular weight excluding hydrogens is 542 g/mol. The number of aromatic nitrogens is 2. The first kappa shape index (κ1) is 27.8. The Labute approximate surface area is 250 Å². The highest BCUT2D eigenvalue weighted by Gasteiger charge is 2.18. The van der Waals surface area contributed by atoms with Crippen LogP contribution >= 0.6 is 12.6 Å². The molecule has 6 rings (SSSR count). The summed E-state index contributed by atoms with van der Waals surface area (Å²) in [5.41, 5.74) is 7.65. The van der Waals surface area contributed by atoms with Gasteiger partial charge >= 0.3 is 0 Å². The lowest BCUT2D eigenvalue weighted by atomic mass is 9.97. The van der Waals surface area contributed by atoms with Gasteiger partial charge in [0.15, 0.2) is 0 Å². The van der Waals surface area contributed by atoms with Gasteiger partial charge < -0.3 is 15.2 Å². The lowest BCUT2D eigenvalue weighted by Gasteiger charge is -2.36. The largest absolute Gasteiger partial charge is 0.369 e. The monoisotopic (exact) mass is 575 g/mol. The summed E-state index contributed by atoms with van der Waals surface area (Å²) < 4.78 is 0. The van der Waals surface area contributed by atoms with E-state index < -0.39 is 0 Å². The Bertz CT molecular complexity index is 1730.